The molecule has 0 radical (unpaired) electrons. The Morgan fingerprint density at radius 2 is 2.20 bits per heavy atom. The molecule has 1 heterocycles. The number of nitrogens with zero attached hydrogens (tertiary/aromatic N) is 2. The fourth-order valence-electron chi connectivity index (χ4n) is 2.54. The molecule has 7 heteroatoms. The molecule has 0 spiro atoms. The van der Waals surface area contributed by atoms with Crippen LogP contribution in [0.5, 0.6) is 0 Å². The summed E-state index contributed by atoms with van der Waals surface area (Å²) in [5.74, 6) is -2.24. The first-order valence-corrected chi connectivity index (χ1v) is 6.57. The Bertz CT molecular complexity index is 505. The smallest absolute Gasteiger partial charge is 0.295 e. The maximum absolute atomic E-state index is 13.9. The van der Waals surface area contributed by atoms with Crippen LogP contribution >= 0.6 is 0 Å². The van der Waals surface area contributed by atoms with Crippen molar-refractivity contribution in [2.24, 2.45) is 0 Å². The lowest BCUT2D eigenvalue weighted by molar-refractivity contribution is -0.384. The highest BCUT2D eigenvalue weighted by molar-refractivity contribution is 5.64. The van der Waals surface area contributed by atoms with Gasteiger partial charge in [-0.15, -0.1) is 0 Å². The van der Waals surface area contributed by atoms with Crippen LogP contribution in [0.25, 0.3) is 0 Å². The molecule has 20 heavy (non-hydrogen) atoms. The molecule has 2 rings (SSSR count). The lowest BCUT2D eigenvalue weighted by Gasteiger charge is -2.29. The van der Waals surface area contributed by atoms with E-state index in [9.17, 15) is 18.9 Å². The molecule has 1 aliphatic heterocycles. The average Bonchev–Trinajstić information content (AvgIpc) is 2.42. The number of benzene rings is 1. The summed E-state index contributed by atoms with van der Waals surface area (Å²) >= 11 is 0. The molecule has 1 fully saturated rings. The Morgan fingerprint density at radius 3 is 2.80 bits per heavy atom. The van der Waals surface area contributed by atoms with Crippen molar-refractivity contribution in [2.75, 3.05) is 25.0 Å². The van der Waals surface area contributed by atoms with Gasteiger partial charge in [-0.1, -0.05) is 6.42 Å². The highest BCUT2D eigenvalue weighted by atomic mass is 19.2. The standard InChI is InChI=1S/C13H17F2N3O2/c1-17(8-9-4-2-3-7-16-9)13-11(18(19)20)6-5-10(14)12(13)15/h5-6,9,16H,2-4,7-8H2,1H3. The van der Waals surface area contributed by atoms with E-state index < -0.39 is 22.2 Å². The molecule has 0 bridgehead atoms. The van der Waals surface area contributed by atoms with Crippen LogP contribution in [-0.2, 0) is 0 Å². The molecule has 1 aromatic carbocycles. The van der Waals surface area contributed by atoms with Crippen molar-refractivity contribution in [3.63, 3.8) is 0 Å². The fraction of sp³-hybridized carbons (Fsp3) is 0.538. The van der Waals surface area contributed by atoms with E-state index in [0.717, 1.165) is 37.9 Å². The topological polar surface area (TPSA) is 58.4 Å². The molecule has 110 valence electrons. The van der Waals surface area contributed by atoms with Crippen LogP contribution < -0.4 is 10.2 Å². The van der Waals surface area contributed by atoms with E-state index in [4.69, 9.17) is 0 Å². The van der Waals surface area contributed by atoms with Crippen molar-refractivity contribution in [2.45, 2.75) is 25.3 Å². The Kier molecular flexibility index (Phi) is 4.49. The minimum absolute atomic E-state index is 0.135. The number of piperidine rings is 1. The largest absolute Gasteiger partial charge is 0.365 e. The molecule has 0 aromatic heterocycles. The number of halogens is 2. The van der Waals surface area contributed by atoms with E-state index in [-0.39, 0.29) is 11.7 Å². The average molecular weight is 285 g/mol. The van der Waals surface area contributed by atoms with Gasteiger partial charge in [0, 0.05) is 25.7 Å². The van der Waals surface area contributed by atoms with Gasteiger partial charge in [0.1, 0.15) is 0 Å². The van der Waals surface area contributed by atoms with Gasteiger partial charge in [0.05, 0.1) is 4.92 Å². The zero-order valence-electron chi connectivity index (χ0n) is 11.2. The maximum atomic E-state index is 13.9. The minimum atomic E-state index is -1.17. The van der Waals surface area contributed by atoms with Crippen LogP contribution in [0.4, 0.5) is 20.2 Å². The summed E-state index contributed by atoms with van der Waals surface area (Å²) in [5.41, 5.74) is -0.704. The summed E-state index contributed by atoms with van der Waals surface area (Å²) in [6.45, 7) is 1.29. The summed E-state index contributed by atoms with van der Waals surface area (Å²) in [4.78, 5) is 11.7. The molecule has 1 aliphatic rings. The van der Waals surface area contributed by atoms with Crippen LogP contribution in [0.15, 0.2) is 12.1 Å². The van der Waals surface area contributed by atoms with E-state index in [2.05, 4.69) is 5.32 Å². The minimum Gasteiger partial charge on any atom is -0.365 e. The summed E-state index contributed by atoms with van der Waals surface area (Å²) in [5, 5.41) is 14.2. The number of nitro groups is 1. The molecule has 1 unspecified atom stereocenters. The van der Waals surface area contributed by atoms with E-state index in [1.165, 1.54) is 4.90 Å². The number of anilines is 1. The van der Waals surface area contributed by atoms with Gasteiger partial charge in [-0.05, 0) is 25.5 Å². The maximum Gasteiger partial charge on any atom is 0.295 e. The molecule has 0 saturated carbocycles. The summed E-state index contributed by atoms with van der Waals surface area (Å²) in [6.07, 6.45) is 3.09. The summed E-state index contributed by atoms with van der Waals surface area (Å²) in [7, 11) is 1.54. The van der Waals surface area contributed by atoms with Gasteiger partial charge in [0.25, 0.3) is 5.69 Å². The SMILES string of the molecule is CN(CC1CCCCN1)c1c([N+](=O)[O-])ccc(F)c1F. The van der Waals surface area contributed by atoms with E-state index >= 15 is 0 Å². The lowest BCUT2D eigenvalue weighted by atomic mass is 10.0. The Hall–Kier alpha value is -1.76. The lowest BCUT2D eigenvalue weighted by Crippen LogP contribution is -2.42. The fourth-order valence-corrected chi connectivity index (χ4v) is 2.54. The van der Waals surface area contributed by atoms with Crippen molar-refractivity contribution in [3.8, 4) is 0 Å². The third-order valence-corrected chi connectivity index (χ3v) is 3.53. The number of nitro benzene ring substituents is 1. The van der Waals surface area contributed by atoms with Crippen molar-refractivity contribution in [1.29, 1.82) is 0 Å². The molecule has 1 aromatic rings. The summed E-state index contributed by atoms with van der Waals surface area (Å²) in [6, 6.07) is 1.92. The van der Waals surface area contributed by atoms with E-state index in [1.54, 1.807) is 7.05 Å². The van der Waals surface area contributed by atoms with Crippen LogP contribution in [0.1, 0.15) is 19.3 Å². The van der Waals surface area contributed by atoms with Gasteiger partial charge in [-0.25, -0.2) is 8.78 Å². The first-order valence-electron chi connectivity index (χ1n) is 6.57. The molecule has 1 atom stereocenters. The van der Waals surface area contributed by atoms with Crippen molar-refractivity contribution in [1.82, 2.24) is 5.32 Å². The molecular weight excluding hydrogens is 268 g/mol. The molecular formula is C13H17F2N3O2. The normalized spacial score (nSPS) is 18.9. The van der Waals surface area contributed by atoms with Gasteiger partial charge in [0.15, 0.2) is 17.3 Å². The highest BCUT2D eigenvalue weighted by Crippen LogP contribution is 2.32. The van der Waals surface area contributed by atoms with Gasteiger partial charge < -0.3 is 10.2 Å². The number of nitrogens with one attached hydrogen (secondary N) is 1. The number of likely N-dealkylation sites (N-methyl/N-ethyl adjacent to an activating group) is 1. The number of hydrogen-bond acceptors (Lipinski definition) is 4. The predicted octanol–water partition coefficient (Wildman–Crippen LogP) is 2.45. The summed E-state index contributed by atoms with van der Waals surface area (Å²) < 4.78 is 27.2. The zero-order valence-corrected chi connectivity index (χ0v) is 11.2. The molecule has 1 saturated heterocycles. The van der Waals surface area contributed by atoms with Gasteiger partial charge in [-0.2, -0.15) is 0 Å². The van der Waals surface area contributed by atoms with Crippen LogP contribution in [0.2, 0.25) is 0 Å². The third-order valence-electron chi connectivity index (χ3n) is 3.53. The molecule has 0 amide bonds. The third kappa shape index (κ3) is 3.04. The quantitative estimate of drug-likeness (QED) is 0.682. The molecule has 0 aliphatic carbocycles. The van der Waals surface area contributed by atoms with Gasteiger partial charge in [-0.3, -0.25) is 10.1 Å². The zero-order chi connectivity index (χ0) is 14.7. The Balaban J connectivity index is 2.25. The molecule has 5 nitrogen and oxygen atoms in total. The van der Waals surface area contributed by atoms with Crippen molar-refractivity contribution < 1.29 is 13.7 Å². The van der Waals surface area contributed by atoms with E-state index in [0.29, 0.717) is 6.54 Å². The highest BCUT2D eigenvalue weighted by Gasteiger charge is 2.26. The van der Waals surface area contributed by atoms with Crippen LogP contribution in [0, 0.1) is 21.7 Å². The van der Waals surface area contributed by atoms with Crippen LogP contribution in [0.3, 0.4) is 0 Å². The Morgan fingerprint density at radius 1 is 1.45 bits per heavy atom. The molecule has 1 N–H and O–H groups in total. The van der Waals surface area contributed by atoms with E-state index in [1.807, 2.05) is 0 Å². The Labute approximate surface area is 115 Å². The second-order valence-electron chi connectivity index (χ2n) is 5.01. The van der Waals surface area contributed by atoms with Gasteiger partial charge >= 0.3 is 0 Å². The number of hydrogen-bond donors (Lipinski definition) is 1. The van der Waals surface area contributed by atoms with Crippen molar-refractivity contribution >= 4 is 11.4 Å². The number of rotatable bonds is 4. The first kappa shape index (κ1) is 14.6. The van der Waals surface area contributed by atoms with Crippen LogP contribution in [-0.4, -0.2) is 31.1 Å². The first-order chi connectivity index (χ1) is 9.50. The predicted molar refractivity (Wildman–Crippen MR) is 71.9 cm³/mol. The van der Waals surface area contributed by atoms with Gasteiger partial charge in [0.2, 0.25) is 0 Å². The monoisotopic (exact) mass is 285 g/mol. The second-order valence-corrected chi connectivity index (χ2v) is 5.01. The second kappa shape index (κ2) is 6.13. The van der Waals surface area contributed by atoms with Crippen molar-refractivity contribution in [3.05, 3.63) is 33.9 Å².